The first-order chi connectivity index (χ1) is 12.8. The maximum Gasteiger partial charge on any atom is 0.339 e. The Bertz CT molecular complexity index is 855. The van der Waals surface area contributed by atoms with Gasteiger partial charge >= 0.3 is 5.97 Å². The molecule has 1 aromatic heterocycles. The third-order valence-electron chi connectivity index (χ3n) is 4.12. The van der Waals surface area contributed by atoms with Gasteiger partial charge in [-0.3, -0.25) is 9.59 Å². The summed E-state index contributed by atoms with van der Waals surface area (Å²) in [7, 11) is 0. The Morgan fingerprint density at radius 3 is 2.22 bits per heavy atom. The summed E-state index contributed by atoms with van der Waals surface area (Å²) in [6.07, 6.45) is 0.381. The van der Waals surface area contributed by atoms with E-state index in [1.54, 1.807) is 55.7 Å². The third kappa shape index (κ3) is 5.20. The summed E-state index contributed by atoms with van der Waals surface area (Å²) in [6, 6.07) is 8.69. The van der Waals surface area contributed by atoms with Crippen LogP contribution in [0.2, 0.25) is 0 Å². The summed E-state index contributed by atoms with van der Waals surface area (Å²) in [5, 5.41) is 5.57. The second kappa shape index (κ2) is 9.02. The normalized spacial score (nSPS) is 10.4. The minimum absolute atomic E-state index is 0.0720. The largest absolute Gasteiger partial charge is 0.462 e. The molecule has 0 aliphatic rings. The molecule has 0 unspecified atom stereocenters. The van der Waals surface area contributed by atoms with Gasteiger partial charge in [0.15, 0.2) is 0 Å². The van der Waals surface area contributed by atoms with E-state index in [2.05, 4.69) is 10.6 Å². The first-order valence-electron chi connectivity index (χ1n) is 8.89. The zero-order chi connectivity index (χ0) is 20.0. The van der Waals surface area contributed by atoms with Crippen LogP contribution in [-0.2, 0) is 20.9 Å². The van der Waals surface area contributed by atoms with Crippen molar-refractivity contribution in [2.75, 3.05) is 17.2 Å². The lowest BCUT2D eigenvalue weighted by Gasteiger charge is -2.11. The second-order valence-corrected chi connectivity index (χ2v) is 6.12. The maximum atomic E-state index is 12.4. The number of nitrogens with one attached hydrogen (secondary N) is 2. The fourth-order valence-corrected chi connectivity index (χ4v) is 2.73. The fourth-order valence-electron chi connectivity index (χ4n) is 2.73. The highest BCUT2D eigenvalue weighted by atomic mass is 16.5. The number of rotatable bonds is 7. The van der Waals surface area contributed by atoms with Crippen molar-refractivity contribution in [1.82, 2.24) is 4.57 Å². The number of ether oxygens (including phenoxy) is 1. The molecule has 7 heteroatoms. The van der Waals surface area contributed by atoms with E-state index in [0.29, 0.717) is 35.7 Å². The van der Waals surface area contributed by atoms with Gasteiger partial charge in [0.25, 0.3) is 0 Å². The predicted octanol–water partition coefficient (Wildman–Crippen LogP) is 3.27. The maximum absolute atomic E-state index is 12.4. The predicted molar refractivity (Wildman–Crippen MR) is 104 cm³/mol. The zero-order valence-electron chi connectivity index (χ0n) is 16.1. The summed E-state index contributed by atoms with van der Waals surface area (Å²) in [4.78, 5) is 35.9. The molecule has 2 rings (SSSR count). The van der Waals surface area contributed by atoms with Crippen LogP contribution in [-0.4, -0.2) is 29.0 Å². The molecule has 1 heterocycles. The smallest absolute Gasteiger partial charge is 0.339 e. The molecular formula is C20H25N3O4. The van der Waals surface area contributed by atoms with Crippen LogP contribution < -0.4 is 10.6 Å². The summed E-state index contributed by atoms with van der Waals surface area (Å²) in [6.45, 7) is 7.52. The molecule has 2 aromatic rings. The van der Waals surface area contributed by atoms with Crippen molar-refractivity contribution in [3.05, 3.63) is 47.3 Å². The van der Waals surface area contributed by atoms with E-state index < -0.39 is 5.97 Å². The third-order valence-corrected chi connectivity index (χ3v) is 4.12. The summed E-state index contributed by atoms with van der Waals surface area (Å²) < 4.78 is 6.81. The molecular weight excluding hydrogens is 346 g/mol. The quantitative estimate of drug-likeness (QED) is 0.731. The molecule has 0 aliphatic heterocycles. The molecule has 0 aliphatic carbocycles. The highest BCUT2D eigenvalue weighted by Crippen LogP contribution is 2.18. The molecule has 0 bridgehead atoms. The van der Waals surface area contributed by atoms with E-state index in [-0.39, 0.29) is 18.4 Å². The van der Waals surface area contributed by atoms with E-state index in [4.69, 9.17) is 4.74 Å². The standard InChI is InChI=1S/C20H25N3O4/c1-5-18(24)21-15-8-7-9-16(11-15)22-19(25)12-23-13(3)10-17(14(23)4)20(26)27-6-2/h7-11H,5-6,12H2,1-4H3,(H,21,24)(H,22,25). The Hall–Kier alpha value is -3.09. The molecule has 2 amide bonds. The van der Waals surface area contributed by atoms with Crippen LogP contribution in [0.3, 0.4) is 0 Å². The average molecular weight is 371 g/mol. The van der Waals surface area contributed by atoms with Gasteiger partial charge in [-0.1, -0.05) is 13.0 Å². The molecule has 144 valence electrons. The van der Waals surface area contributed by atoms with Crippen LogP contribution in [0.25, 0.3) is 0 Å². The lowest BCUT2D eigenvalue weighted by Crippen LogP contribution is -2.20. The number of hydrogen-bond acceptors (Lipinski definition) is 4. The van der Waals surface area contributed by atoms with Crippen LogP contribution in [0, 0.1) is 13.8 Å². The first-order valence-corrected chi connectivity index (χ1v) is 8.89. The molecule has 27 heavy (non-hydrogen) atoms. The van der Waals surface area contributed by atoms with Crippen molar-refractivity contribution in [3.8, 4) is 0 Å². The Kier molecular flexibility index (Phi) is 6.76. The van der Waals surface area contributed by atoms with Crippen LogP contribution in [0.1, 0.15) is 42.0 Å². The number of benzene rings is 1. The number of carbonyl (C=O) groups is 3. The molecule has 0 fully saturated rings. The molecule has 0 saturated heterocycles. The Labute approximate surface area is 158 Å². The van der Waals surface area contributed by atoms with E-state index in [9.17, 15) is 14.4 Å². The van der Waals surface area contributed by atoms with Gasteiger partial charge in [0.2, 0.25) is 11.8 Å². The molecule has 0 atom stereocenters. The van der Waals surface area contributed by atoms with E-state index >= 15 is 0 Å². The van der Waals surface area contributed by atoms with Gasteiger partial charge in [-0.05, 0) is 45.0 Å². The minimum atomic E-state index is -0.392. The van der Waals surface area contributed by atoms with Crippen molar-refractivity contribution < 1.29 is 19.1 Å². The number of anilines is 2. The Morgan fingerprint density at radius 2 is 1.63 bits per heavy atom. The van der Waals surface area contributed by atoms with Crippen molar-refractivity contribution in [3.63, 3.8) is 0 Å². The van der Waals surface area contributed by atoms with Crippen molar-refractivity contribution in [1.29, 1.82) is 0 Å². The number of amides is 2. The van der Waals surface area contributed by atoms with Gasteiger partial charge in [-0.15, -0.1) is 0 Å². The number of nitrogens with zero attached hydrogens (tertiary/aromatic N) is 1. The lowest BCUT2D eigenvalue weighted by atomic mass is 10.2. The highest BCUT2D eigenvalue weighted by molar-refractivity contribution is 5.94. The molecule has 0 radical (unpaired) electrons. The van der Waals surface area contributed by atoms with Crippen LogP contribution >= 0.6 is 0 Å². The number of aryl methyl sites for hydroxylation is 1. The summed E-state index contributed by atoms with van der Waals surface area (Å²) in [5.41, 5.74) is 3.16. The van der Waals surface area contributed by atoms with Gasteiger partial charge < -0.3 is 19.9 Å². The monoisotopic (exact) mass is 371 g/mol. The summed E-state index contributed by atoms with van der Waals surface area (Å²) in [5.74, 6) is -0.716. The number of aromatic nitrogens is 1. The molecule has 7 nitrogen and oxygen atoms in total. The van der Waals surface area contributed by atoms with Crippen molar-refractivity contribution in [2.45, 2.75) is 40.7 Å². The van der Waals surface area contributed by atoms with Crippen molar-refractivity contribution in [2.24, 2.45) is 0 Å². The fraction of sp³-hybridized carbons (Fsp3) is 0.350. The number of carbonyl (C=O) groups excluding carboxylic acids is 3. The van der Waals surface area contributed by atoms with Crippen LogP contribution in [0.15, 0.2) is 30.3 Å². The van der Waals surface area contributed by atoms with Crippen LogP contribution in [0.4, 0.5) is 11.4 Å². The van der Waals surface area contributed by atoms with E-state index in [1.807, 2.05) is 6.92 Å². The van der Waals surface area contributed by atoms with Gasteiger partial charge in [-0.2, -0.15) is 0 Å². The molecule has 0 saturated carbocycles. The topological polar surface area (TPSA) is 89.4 Å². The minimum Gasteiger partial charge on any atom is -0.462 e. The lowest BCUT2D eigenvalue weighted by molar-refractivity contribution is -0.117. The first kappa shape index (κ1) is 20.2. The van der Waals surface area contributed by atoms with Gasteiger partial charge in [-0.25, -0.2) is 4.79 Å². The van der Waals surface area contributed by atoms with Gasteiger partial charge in [0, 0.05) is 29.2 Å². The second-order valence-electron chi connectivity index (χ2n) is 6.12. The van der Waals surface area contributed by atoms with Crippen molar-refractivity contribution >= 4 is 29.2 Å². The Morgan fingerprint density at radius 1 is 1.00 bits per heavy atom. The zero-order valence-corrected chi connectivity index (χ0v) is 16.1. The average Bonchev–Trinajstić information content (AvgIpc) is 2.90. The number of esters is 1. The Balaban J connectivity index is 2.09. The van der Waals surface area contributed by atoms with Gasteiger partial charge in [0.05, 0.1) is 12.2 Å². The number of hydrogen-bond donors (Lipinski definition) is 2. The summed E-state index contributed by atoms with van der Waals surface area (Å²) >= 11 is 0. The highest BCUT2D eigenvalue weighted by Gasteiger charge is 2.18. The van der Waals surface area contributed by atoms with E-state index in [1.165, 1.54) is 0 Å². The molecule has 1 aromatic carbocycles. The SMILES string of the molecule is CCOC(=O)c1cc(C)n(CC(=O)Nc2cccc(NC(=O)CC)c2)c1C. The van der Waals surface area contributed by atoms with Crippen LogP contribution in [0.5, 0.6) is 0 Å². The molecule has 2 N–H and O–H groups in total. The van der Waals surface area contributed by atoms with Gasteiger partial charge in [0.1, 0.15) is 6.54 Å². The molecule has 0 spiro atoms. The van der Waals surface area contributed by atoms with E-state index in [0.717, 1.165) is 5.69 Å².